The van der Waals surface area contributed by atoms with Gasteiger partial charge in [0.2, 0.25) is 0 Å². The molecule has 1 saturated heterocycles. The lowest BCUT2D eigenvalue weighted by Gasteiger charge is -2.12. The van der Waals surface area contributed by atoms with Gasteiger partial charge in [-0.05, 0) is 6.42 Å². The first-order valence-corrected chi connectivity index (χ1v) is 6.93. The van der Waals surface area contributed by atoms with Crippen LogP contribution in [0.2, 0.25) is 0 Å². The third-order valence-electron chi connectivity index (χ3n) is 1.95. The third-order valence-corrected chi connectivity index (χ3v) is 5.86. The van der Waals surface area contributed by atoms with E-state index >= 15 is 0 Å². The van der Waals surface area contributed by atoms with Gasteiger partial charge in [-0.25, -0.2) is 16.8 Å². The molecule has 14 heavy (non-hydrogen) atoms. The Morgan fingerprint density at radius 2 is 1.71 bits per heavy atom. The summed E-state index contributed by atoms with van der Waals surface area (Å²) in [4.78, 5) is 0. The Labute approximate surface area is 78.9 Å². The number of halogens is 3. The summed E-state index contributed by atoms with van der Waals surface area (Å²) in [6.45, 7) is 0. The molecule has 1 fully saturated rings. The van der Waals surface area contributed by atoms with Gasteiger partial charge in [0.15, 0.2) is 9.84 Å². The van der Waals surface area contributed by atoms with E-state index in [1.165, 1.54) is 0 Å². The minimum atomic E-state index is -5.36. The molecule has 0 bridgehead atoms. The quantitative estimate of drug-likeness (QED) is 0.664. The molecule has 0 saturated carbocycles. The van der Waals surface area contributed by atoms with Gasteiger partial charge >= 0.3 is 5.51 Å². The van der Waals surface area contributed by atoms with E-state index in [0.29, 0.717) is 0 Å². The second-order valence-electron chi connectivity index (χ2n) is 3.02. The second-order valence-corrected chi connectivity index (χ2v) is 7.46. The van der Waals surface area contributed by atoms with E-state index in [9.17, 15) is 30.0 Å². The molecule has 1 unspecified atom stereocenters. The molecule has 0 spiro atoms. The lowest BCUT2D eigenvalue weighted by molar-refractivity contribution is -0.0442. The van der Waals surface area contributed by atoms with Crippen molar-refractivity contribution in [1.29, 1.82) is 0 Å². The molecule has 0 N–H and O–H groups in total. The molecule has 0 radical (unpaired) electrons. The summed E-state index contributed by atoms with van der Waals surface area (Å²) in [5.74, 6) is -1.41. The van der Waals surface area contributed by atoms with Gasteiger partial charge in [-0.1, -0.05) is 0 Å². The zero-order chi connectivity index (χ0) is 11.2. The molecular weight excluding hydrogens is 245 g/mol. The van der Waals surface area contributed by atoms with Crippen LogP contribution in [0.25, 0.3) is 0 Å². The van der Waals surface area contributed by atoms with Crippen molar-refractivity contribution in [1.82, 2.24) is 0 Å². The molecule has 1 aliphatic rings. The topological polar surface area (TPSA) is 68.3 Å². The maximum Gasteiger partial charge on any atom is 0.497 e. The van der Waals surface area contributed by atoms with Crippen molar-refractivity contribution in [3.63, 3.8) is 0 Å². The van der Waals surface area contributed by atoms with E-state index in [-0.39, 0.29) is 0 Å². The highest BCUT2D eigenvalue weighted by Crippen LogP contribution is 2.32. The summed E-state index contributed by atoms with van der Waals surface area (Å²) in [5.41, 5.74) is -5.36. The van der Waals surface area contributed by atoms with Crippen LogP contribution in [-0.4, -0.2) is 39.1 Å². The van der Waals surface area contributed by atoms with Crippen LogP contribution in [0.15, 0.2) is 0 Å². The van der Waals surface area contributed by atoms with Crippen LogP contribution in [0, 0.1) is 0 Å². The fourth-order valence-electron chi connectivity index (χ4n) is 1.19. The Bertz CT molecular complexity index is 418. The van der Waals surface area contributed by atoms with Crippen molar-refractivity contribution in [2.24, 2.45) is 0 Å². The highest BCUT2D eigenvalue weighted by Gasteiger charge is 2.53. The molecule has 0 aliphatic carbocycles. The van der Waals surface area contributed by atoms with E-state index in [0.717, 1.165) is 0 Å². The van der Waals surface area contributed by atoms with Gasteiger partial charge in [-0.2, -0.15) is 13.2 Å². The minimum Gasteiger partial charge on any atom is -0.229 e. The lowest BCUT2D eigenvalue weighted by Crippen LogP contribution is -2.34. The van der Waals surface area contributed by atoms with Gasteiger partial charge in [0, 0.05) is 0 Å². The summed E-state index contributed by atoms with van der Waals surface area (Å²) in [5, 5.41) is -1.83. The van der Waals surface area contributed by atoms with Gasteiger partial charge < -0.3 is 0 Å². The summed E-state index contributed by atoms with van der Waals surface area (Å²) in [7, 11) is -8.94. The largest absolute Gasteiger partial charge is 0.497 e. The summed E-state index contributed by atoms with van der Waals surface area (Å²) in [6.07, 6.45) is -0.468. The van der Waals surface area contributed by atoms with Gasteiger partial charge in [-0.3, -0.25) is 0 Å². The SMILES string of the molecule is O=S1(=O)CCC(S(=O)(=O)C(F)(F)F)C1. The van der Waals surface area contributed by atoms with Crippen LogP contribution in [-0.2, 0) is 19.7 Å². The zero-order valence-corrected chi connectivity index (χ0v) is 8.42. The molecule has 0 aromatic carbocycles. The zero-order valence-electron chi connectivity index (χ0n) is 6.78. The van der Waals surface area contributed by atoms with Crippen LogP contribution in [0.5, 0.6) is 0 Å². The van der Waals surface area contributed by atoms with E-state index in [2.05, 4.69) is 0 Å². The number of rotatable bonds is 1. The molecule has 1 atom stereocenters. The smallest absolute Gasteiger partial charge is 0.229 e. The number of alkyl halides is 3. The normalized spacial score (nSPS) is 27.8. The monoisotopic (exact) mass is 252 g/mol. The van der Waals surface area contributed by atoms with Crippen LogP contribution < -0.4 is 0 Å². The van der Waals surface area contributed by atoms with Crippen LogP contribution >= 0.6 is 0 Å². The molecule has 0 aromatic heterocycles. The molecule has 84 valence electrons. The van der Waals surface area contributed by atoms with Crippen molar-refractivity contribution in [3.05, 3.63) is 0 Å². The predicted molar refractivity (Wildman–Crippen MR) is 42.0 cm³/mol. The molecule has 9 heteroatoms. The summed E-state index contributed by atoms with van der Waals surface area (Å²) >= 11 is 0. The highest BCUT2D eigenvalue weighted by atomic mass is 32.2. The van der Waals surface area contributed by atoms with E-state index in [1.807, 2.05) is 0 Å². The van der Waals surface area contributed by atoms with Crippen molar-refractivity contribution in [3.8, 4) is 0 Å². The van der Waals surface area contributed by atoms with Crippen LogP contribution in [0.1, 0.15) is 6.42 Å². The Balaban J connectivity index is 3.00. The maximum absolute atomic E-state index is 12.0. The van der Waals surface area contributed by atoms with Gasteiger partial charge in [-0.15, -0.1) is 0 Å². The second kappa shape index (κ2) is 3.09. The van der Waals surface area contributed by atoms with Gasteiger partial charge in [0.1, 0.15) is 0 Å². The van der Waals surface area contributed by atoms with Gasteiger partial charge in [0.25, 0.3) is 9.84 Å². The average molecular weight is 252 g/mol. The third kappa shape index (κ3) is 2.02. The maximum atomic E-state index is 12.0. The number of hydrogen-bond donors (Lipinski definition) is 0. The Kier molecular flexibility index (Phi) is 2.60. The van der Waals surface area contributed by atoms with E-state index < -0.39 is 48.4 Å². The van der Waals surface area contributed by atoms with Gasteiger partial charge in [0.05, 0.1) is 16.8 Å². The molecule has 0 aromatic rings. The molecule has 0 amide bonds. The Morgan fingerprint density at radius 3 is 2.00 bits per heavy atom. The van der Waals surface area contributed by atoms with Crippen molar-refractivity contribution >= 4 is 19.7 Å². The van der Waals surface area contributed by atoms with Crippen LogP contribution in [0.3, 0.4) is 0 Å². The highest BCUT2D eigenvalue weighted by molar-refractivity contribution is 7.96. The fraction of sp³-hybridized carbons (Fsp3) is 1.00. The van der Waals surface area contributed by atoms with Crippen molar-refractivity contribution in [2.75, 3.05) is 11.5 Å². The first-order chi connectivity index (χ1) is 6.06. The Hall–Kier alpha value is -0.310. The molecule has 1 rings (SSSR count). The molecule has 4 nitrogen and oxygen atoms in total. The number of sulfone groups is 2. The van der Waals surface area contributed by atoms with Crippen molar-refractivity contribution in [2.45, 2.75) is 17.2 Å². The predicted octanol–water partition coefficient (Wildman–Crippen LogP) is 0.108. The lowest BCUT2D eigenvalue weighted by atomic mass is 10.4. The average Bonchev–Trinajstić information content (AvgIpc) is 2.28. The number of hydrogen-bond acceptors (Lipinski definition) is 4. The van der Waals surface area contributed by atoms with Crippen molar-refractivity contribution < 1.29 is 30.0 Å². The molecular formula is C5H7F3O4S2. The standard InChI is InChI=1S/C5H7F3O4S2/c6-5(7,8)14(11,12)4-1-2-13(9,10)3-4/h4H,1-3H2. The first-order valence-electron chi connectivity index (χ1n) is 3.57. The first kappa shape index (κ1) is 11.8. The van der Waals surface area contributed by atoms with E-state index in [4.69, 9.17) is 0 Å². The minimum absolute atomic E-state index is 0.468. The summed E-state index contributed by atoms with van der Waals surface area (Å²) < 4.78 is 78.9. The van der Waals surface area contributed by atoms with Crippen LogP contribution in [0.4, 0.5) is 13.2 Å². The molecule has 1 aliphatic heterocycles. The fourth-order valence-corrected chi connectivity index (χ4v) is 5.03. The molecule has 1 heterocycles. The summed E-state index contributed by atoms with van der Waals surface area (Å²) in [6, 6.07) is 0. The Morgan fingerprint density at radius 1 is 1.21 bits per heavy atom. The van der Waals surface area contributed by atoms with E-state index in [1.54, 1.807) is 0 Å².